The number of rotatable bonds is 8. The number of carbonyl (C=O) groups excluding carboxylic acids is 1. The quantitative estimate of drug-likeness (QED) is 0.209. The Kier molecular flexibility index (Phi) is 7.49. The lowest BCUT2D eigenvalue weighted by Gasteiger charge is -2.14. The number of nitrogens with zero attached hydrogens (tertiary/aromatic N) is 3. The Morgan fingerprint density at radius 2 is 1.51 bits per heavy atom. The molecule has 2 N–H and O–H groups in total. The molecule has 2 heterocycles. The highest BCUT2D eigenvalue weighted by molar-refractivity contribution is 6.08. The molecule has 7 nitrogen and oxygen atoms in total. The van der Waals surface area contributed by atoms with E-state index in [9.17, 15) is 20.0 Å². The average molecular weight is 563 g/mol. The molecule has 0 fully saturated rings. The van der Waals surface area contributed by atoms with E-state index < -0.39 is 5.97 Å². The van der Waals surface area contributed by atoms with E-state index in [4.69, 9.17) is 0 Å². The average Bonchev–Trinajstić information content (AvgIpc) is 3.46. The Bertz CT molecular complexity index is 1970. The summed E-state index contributed by atoms with van der Waals surface area (Å²) in [7, 11) is 0. The number of pyridine rings is 1. The molecule has 43 heavy (non-hydrogen) atoms. The van der Waals surface area contributed by atoms with Gasteiger partial charge >= 0.3 is 5.97 Å². The molecule has 6 aromatic rings. The molecule has 0 aliphatic heterocycles. The third-order valence-electron chi connectivity index (χ3n) is 7.41. The highest BCUT2D eigenvalue weighted by Crippen LogP contribution is 2.30. The fourth-order valence-electron chi connectivity index (χ4n) is 5.13. The summed E-state index contributed by atoms with van der Waals surface area (Å²) in [6.07, 6.45) is 5.58. The van der Waals surface area contributed by atoms with Gasteiger partial charge in [0.1, 0.15) is 0 Å². The number of aromatic nitrogens is 2. The molecule has 2 aromatic heterocycles. The van der Waals surface area contributed by atoms with Gasteiger partial charge in [-0.15, -0.1) is 0 Å². The number of nitriles is 1. The minimum Gasteiger partial charge on any atom is -0.478 e. The number of nitrogens with one attached hydrogen (secondary N) is 1. The van der Waals surface area contributed by atoms with Crippen molar-refractivity contribution in [3.63, 3.8) is 0 Å². The number of carboxylic acids is 1. The molecule has 0 spiro atoms. The normalized spacial score (nSPS) is 10.8. The summed E-state index contributed by atoms with van der Waals surface area (Å²) in [5.41, 5.74) is 7.88. The summed E-state index contributed by atoms with van der Waals surface area (Å²) in [5.74, 6) is -1.24. The van der Waals surface area contributed by atoms with Crippen molar-refractivity contribution < 1.29 is 14.7 Å². The van der Waals surface area contributed by atoms with E-state index in [1.165, 1.54) is 12.1 Å². The van der Waals surface area contributed by atoms with Crippen molar-refractivity contribution in [3.05, 3.63) is 150 Å². The van der Waals surface area contributed by atoms with Crippen molar-refractivity contribution >= 4 is 22.8 Å². The molecule has 208 valence electrons. The molecule has 1 amide bonds. The molecule has 7 heteroatoms. The highest BCUT2D eigenvalue weighted by atomic mass is 16.4. The molecule has 0 radical (unpaired) electrons. The number of fused-ring (bicyclic) bond motifs is 1. The van der Waals surface area contributed by atoms with E-state index >= 15 is 0 Å². The SMILES string of the molecule is N#Cc1ccc(-c2cc(C(=O)NCc3ccc(C(=O)O)cc3)c3c(ccn3Cc3ccc(-c4cccnc4)cc3)c2)cc1. The number of aromatic carboxylic acids is 1. The molecule has 6 rings (SSSR count). The van der Waals surface area contributed by atoms with Crippen molar-refractivity contribution in [1.82, 2.24) is 14.9 Å². The van der Waals surface area contributed by atoms with Gasteiger partial charge in [0.2, 0.25) is 0 Å². The first kappa shape index (κ1) is 27.2. The molecular formula is C36H26N4O3. The summed E-state index contributed by atoms with van der Waals surface area (Å²) in [4.78, 5) is 29.1. The number of benzene rings is 4. The Morgan fingerprint density at radius 1 is 0.814 bits per heavy atom. The van der Waals surface area contributed by atoms with Gasteiger partial charge in [0, 0.05) is 37.1 Å². The smallest absolute Gasteiger partial charge is 0.335 e. The van der Waals surface area contributed by atoms with E-state index in [1.54, 1.807) is 30.5 Å². The van der Waals surface area contributed by atoms with Gasteiger partial charge in [0.15, 0.2) is 0 Å². The van der Waals surface area contributed by atoms with Crippen molar-refractivity contribution in [2.24, 2.45) is 0 Å². The van der Waals surface area contributed by atoms with E-state index in [0.717, 1.165) is 44.3 Å². The maximum absolute atomic E-state index is 13.7. The standard InChI is InChI=1S/C36H26N4O3/c37-20-24-3-9-28(10-4-24)32-18-30-15-17-40(23-26-7-11-27(12-8-26)31-2-1-16-38-22-31)34(30)33(19-32)35(41)39-21-25-5-13-29(14-6-25)36(42)43/h1-19,22H,21,23H2,(H,39,41)(H,42,43). The van der Waals surface area contributed by atoms with Crippen LogP contribution in [0.25, 0.3) is 33.2 Å². The van der Waals surface area contributed by atoms with Gasteiger partial charge in [-0.05, 0) is 81.9 Å². The lowest BCUT2D eigenvalue weighted by Crippen LogP contribution is -2.23. The third-order valence-corrected chi connectivity index (χ3v) is 7.41. The number of carboxylic acid groups (broad SMARTS) is 1. The van der Waals surface area contributed by atoms with Crippen LogP contribution in [0.2, 0.25) is 0 Å². The van der Waals surface area contributed by atoms with Gasteiger partial charge in [-0.2, -0.15) is 5.26 Å². The van der Waals surface area contributed by atoms with Crippen molar-refractivity contribution in [2.45, 2.75) is 13.1 Å². The lowest BCUT2D eigenvalue weighted by molar-refractivity contribution is 0.0696. The Balaban J connectivity index is 1.33. The number of carbonyl (C=O) groups is 2. The van der Waals surface area contributed by atoms with Gasteiger partial charge in [0.25, 0.3) is 5.91 Å². The summed E-state index contributed by atoms with van der Waals surface area (Å²) >= 11 is 0. The molecule has 0 bridgehead atoms. The van der Waals surface area contributed by atoms with Crippen molar-refractivity contribution in [2.75, 3.05) is 0 Å². The minimum absolute atomic E-state index is 0.193. The Labute approximate surface area is 248 Å². The monoisotopic (exact) mass is 562 g/mol. The van der Waals surface area contributed by atoms with Crippen LogP contribution in [0.4, 0.5) is 0 Å². The molecule has 0 aliphatic rings. The first-order valence-corrected chi connectivity index (χ1v) is 13.7. The van der Waals surface area contributed by atoms with E-state index in [0.29, 0.717) is 17.7 Å². The second-order valence-electron chi connectivity index (χ2n) is 10.2. The first-order chi connectivity index (χ1) is 21.0. The van der Waals surface area contributed by atoms with Crippen LogP contribution in [0.3, 0.4) is 0 Å². The van der Waals surface area contributed by atoms with Gasteiger partial charge in [0.05, 0.1) is 28.3 Å². The summed E-state index contributed by atoms with van der Waals surface area (Å²) in [6, 6.07) is 34.1. The molecule has 0 aliphatic carbocycles. The van der Waals surface area contributed by atoms with Crippen LogP contribution < -0.4 is 5.32 Å². The van der Waals surface area contributed by atoms with Gasteiger partial charge < -0.3 is 15.0 Å². The summed E-state index contributed by atoms with van der Waals surface area (Å²) < 4.78 is 2.08. The fourth-order valence-corrected chi connectivity index (χ4v) is 5.13. The second-order valence-corrected chi connectivity index (χ2v) is 10.2. The van der Waals surface area contributed by atoms with E-state index in [1.807, 2.05) is 48.8 Å². The zero-order valence-corrected chi connectivity index (χ0v) is 23.1. The van der Waals surface area contributed by atoms with Crippen molar-refractivity contribution in [1.29, 1.82) is 5.26 Å². The second kappa shape index (κ2) is 11.9. The Morgan fingerprint density at radius 3 is 2.19 bits per heavy atom. The van der Waals surface area contributed by atoms with Crippen LogP contribution in [-0.2, 0) is 13.1 Å². The van der Waals surface area contributed by atoms with Crippen LogP contribution >= 0.6 is 0 Å². The van der Waals surface area contributed by atoms with Crippen LogP contribution in [0.1, 0.15) is 37.4 Å². The zero-order chi connectivity index (χ0) is 29.8. The van der Waals surface area contributed by atoms with Gasteiger partial charge in [-0.3, -0.25) is 9.78 Å². The number of amides is 1. The minimum atomic E-state index is -0.995. The summed E-state index contributed by atoms with van der Waals surface area (Å²) in [5, 5.41) is 22.3. The number of hydrogen-bond donors (Lipinski definition) is 2. The predicted octanol–water partition coefficient (Wildman–Crippen LogP) is 6.92. The van der Waals surface area contributed by atoms with Gasteiger partial charge in [-0.1, -0.05) is 54.6 Å². The van der Waals surface area contributed by atoms with E-state index in [2.05, 4.69) is 51.3 Å². The topological polar surface area (TPSA) is 108 Å². The van der Waals surface area contributed by atoms with Crippen LogP contribution in [0, 0.1) is 11.3 Å². The van der Waals surface area contributed by atoms with Crippen LogP contribution in [0.5, 0.6) is 0 Å². The van der Waals surface area contributed by atoms with Crippen molar-refractivity contribution in [3.8, 4) is 28.3 Å². The number of hydrogen-bond acceptors (Lipinski definition) is 4. The zero-order valence-electron chi connectivity index (χ0n) is 23.1. The third kappa shape index (κ3) is 5.90. The van der Waals surface area contributed by atoms with E-state index in [-0.39, 0.29) is 18.0 Å². The molecular weight excluding hydrogens is 536 g/mol. The molecule has 0 unspecified atom stereocenters. The Hall–Kier alpha value is -6.00. The first-order valence-electron chi connectivity index (χ1n) is 13.7. The van der Waals surface area contributed by atoms with Crippen LogP contribution in [-0.4, -0.2) is 26.5 Å². The van der Waals surface area contributed by atoms with Gasteiger partial charge in [-0.25, -0.2) is 4.79 Å². The molecule has 0 atom stereocenters. The largest absolute Gasteiger partial charge is 0.478 e. The summed E-state index contributed by atoms with van der Waals surface area (Å²) in [6.45, 7) is 0.821. The molecule has 0 saturated carbocycles. The highest BCUT2D eigenvalue weighted by Gasteiger charge is 2.17. The molecule has 4 aromatic carbocycles. The predicted molar refractivity (Wildman–Crippen MR) is 165 cm³/mol. The maximum Gasteiger partial charge on any atom is 0.335 e. The fraction of sp³-hybridized carbons (Fsp3) is 0.0556. The molecule has 0 saturated heterocycles. The maximum atomic E-state index is 13.7. The lowest BCUT2D eigenvalue weighted by atomic mass is 9.99. The van der Waals surface area contributed by atoms with Crippen LogP contribution in [0.15, 0.2) is 122 Å².